The van der Waals surface area contributed by atoms with E-state index in [9.17, 15) is 0 Å². The minimum absolute atomic E-state index is 0.763. The number of fused-ring (bicyclic) bond motifs is 1. The Balaban J connectivity index is 2.71. The molecule has 19 heavy (non-hydrogen) atoms. The van der Waals surface area contributed by atoms with Gasteiger partial charge in [0.15, 0.2) is 0 Å². The summed E-state index contributed by atoms with van der Waals surface area (Å²) in [5.41, 5.74) is 2.83. The minimum Gasteiger partial charge on any atom is -0.496 e. The van der Waals surface area contributed by atoms with Crippen LogP contribution in [0.4, 0.5) is 5.69 Å². The summed E-state index contributed by atoms with van der Waals surface area (Å²) in [5, 5.41) is 4.40. The highest BCUT2D eigenvalue weighted by Crippen LogP contribution is 2.37. The molecule has 1 aromatic carbocycles. The summed E-state index contributed by atoms with van der Waals surface area (Å²) in [6.45, 7) is 5.04. The van der Waals surface area contributed by atoms with Crippen LogP contribution in [0.15, 0.2) is 18.2 Å². The number of methoxy groups -OCH3 is 2. The monoisotopic (exact) mass is 260 g/mol. The topological polar surface area (TPSA) is 43.4 Å². The van der Waals surface area contributed by atoms with Crippen LogP contribution in [0.1, 0.15) is 19.0 Å². The second-order valence-electron chi connectivity index (χ2n) is 4.43. The number of pyridine rings is 1. The van der Waals surface area contributed by atoms with Gasteiger partial charge in [0, 0.05) is 17.9 Å². The van der Waals surface area contributed by atoms with Gasteiger partial charge in [-0.25, -0.2) is 4.98 Å². The molecule has 0 aliphatic carbocycles. The highest BCUT2D eigenvalue weighted by Gasteiger charge is 2.13. The molecule has 1 heterocycles. The van der Waals surface area contributed by atoms with Crippen molar-refractivity contribution in [3.8, 4) is 11.5 Å². The molecule has 1 aromatic heterocycles. The van der Waals surface area contributed by atoms with Gasteiger partial charge in [-0.05, 0) is 31.5 Å². The number of benzene rings is 1. The van der Waals surface area contributed by atoms with Crippen LogP contribution in [0.3, 0.4) is 0 Å². The largest absolute Gasteiger partial charge is 0.496 e. The molecule has 0 amide bonds. The van der Waals surface area contributed by atoms with E-state index in [1.165, 1.54) is 0 Å². The van der Waals surface area contributed by atoms with E-state index in [0.717, 1.165) is 46.7 Å². The number of nitrogens with zero attached hydrogens (tertiary/aromatic N) is 1. The van der Waals surface area contributed by atoms with Gasteiger partial charge in [-0.3, -0.25) is 0 Å². The van der Waals surface area contributed by atoms with Crippen LogP contribution < -0.4 is 14.8 Å². The van der Waals surface area contributed by atoms with Crippen molar-refractivity contribution in [1.29, 1.82) is 0 Å². The molecule has 4 heteroatoms. The predicted octanol–water partition coefficient (Wildman–Crippen LogP) is 3.38. The van der Waals surface area contributed by atoms with Crippen LogP contribution in [0.2, 0.25) is 0 Å². The lowest BCUT2D eigenvalue weighted by atomic mass is 10.1. The van der Waals surface area contributed by atoms with Gasteiger partial charge < -0.3 is 14.8 Å². The number of hydrogen-bond donors (Lipinski definition) is 1. The van der Waals surface area contributed by atoms with E-state index in [0.29, 0.717) is 0 Å². The quantitative estimate of drug-likeness (QED) is 0.895. The average molecular weight is 260 g/mol. The zero-order valence-corrected chi connectivity index (χ0v) is 11.9. The lowest BCUT2D eigenvalue weighted by Gasteiger charge is -2.15. The maximum absolute atomic E-state index is 5.45. The van der Waals surface area contributed by atoms with E-state index in [2.05, 4.69) is 17.2 Å². The number of aromatic nitrogens is 1. The van der Waals surface area contributed by atoms with Crippen molar-refractivity contribution in [2.75, 3.05) is 26.1 Å². The van der Waals surface area contributed by atoms with Crippen molar-refractivity contribution in [3.63, 3.8) is 0 Å². The normalized spacial score (nSPS) is 10.5. The summed E-state index contributed by atoms with van der Waals surface area (Å²) in [4.78, 5) is 4.58. The molecular formula is C15H20N2O2. The van der Waals surface area contributed by atoms with Crippen LogP contribution in [0, 0.1) is 6.92 Å². The molecule has 0 atom stereocenters. The van der Waals surface area contributed by atoms with E-state index in [1.807, 2.05) is 25.1 Å². The Morgan fingerprint density at radius 1 is 1.16 bits per heavy atom. The molecule has 0 spiro atoms. The molecule has 0 aliphatic heterocycles. The average Bonchev–Trinajstić information content (AvgIpc) is 2.43. The molecule has 0 bridgehead atoms. The van der Waals surface area contributed by atoms with Crippen molar-refractivity contribution in [2.45, 2.75) is 20.3 Å². The fourth-order valence-corrected chi connectivity index (χ4v) is 2.15. The highest BCUT2D eigenvalue weighted by molar-refractivity contribution is 5.99. The van der Waals surface area contributed by atoms with Crippen molar-refractivity contribution in [3.05, 3.63) is 23.9 Å². The Labute approximate surface area is 113 Å². The Kier molecular flexibility index (Phi) is 4.10. The molecule has 0 aliphatic rings. The van der Waals surface area contributed by atoms with Gasteiger partial charge in [0.25, 0.3) is 0 Å². The second kappa shape index (κ2) is 5.78. The van der Waals surface area contributed by atoms with E-state index < -0.39 is 0 Å². The lowest BCUT2D eigenvalue weighted by molar-refractivity contribution is 0.410. The van der Waals surface area contributed by atoms with Crippen molar-refractivity contribution in [2.24, 2.45) is 0 Å². The van der Waals surface area contributed by atoms with Crippen LogP contribution >= 0.6 is 0 Å². The standard InChI is InChI=1S/C15H20N2O2/c1-5-8-16-11-9-10(2)17-15-13(19-4)7-6-12(18-3)14(11)15/h6-7,9H,5,8H2,1-4H3,(H,16,17). The minimum atomic E-state index is 0.763. The Hall–Kier alpha value is -1.97. The first-order valence-corrected chi connectivity index (χ1v) is 6.47. The van der Waals surface area contributed by atoms with Crippen molar-refractivity contribution < 1.29 is 9.47 Å². The van der Waals surface area contributed by atoms with Gasteiger partial charge in [-0.1, -0.05) is 6.92 Å². The molecular weight excluding hydrogens is 240 g/mol. The maximum atomic E-state index is 5.45. The summed E-state index contributed by atoms with van der Waals surface area (Å²) in [6, 6.07) is 5.84. The SMILES string of the molecule is CCCNc1cc(C)nc2c(OC)ccc(OC)c12. The third kappa shape index (κ3) is 2.57. The Morgan fingerprint density at radius 3 is 2.47 bits per heavy atom. The summed E-state index contributed by atoms with van der Waals surface area (Å²) < 4.78 is 10.8. The fraction of sp³-hybridized carbons (Fsp3) is 0.400. The number of hydrogen-bond acceptors (Lipinski definition) is 4. The molecule has 2 rings (SSSR count). The molecule has 0 saturated carbocycles. The van der Waals surface area contributed by atoms with Gasteiger partial charge in [0.2, 0.25) is 0 Å². The number of ether oxygens (including phenoxy) is 2. The zero-order chi connectivity index (χ0) is 13.8. The molecule has 0 radical (unpaired) electrons. The molecule has 2 aromatic rings. The number of anilines is 1. The van der Waals surface area contributed by atoms with Crippen LogP contribution in [-0.2, 0) is 0 Å². The Bertz CT molecular complexity index is 582. The van der Waals surface area contributed by atoms with Crippen molar-refractivity contribution in [1.82, 2.24) is 4.98 Å². The highest BCUT2D eigenvalue weighted by atomic mass is 16.5. The first-order valence-electron chi connectivity index (χ1n) is 6.47. The van der Waals surface area contributed by atoms with Crippen LogP contribution in [0.5, 0.6) is 11.5 Å². The first-order chi connectivity index (χ1) is 9.21. The van der Waals surface area contributed by atoms with E-state index in [-0.39, 0.29) is 0 Å². The molecule has 0 unspecified atom stereocenters. The van der Waals surface area contributed by atoms with Gasteiger partial charge in [0.1, 0.15) is 17.0 Å². The fourth-order valence-electron chi connectivity index (χ4n) is 2.15. The Morgan fingerprint density at radius 2 is 1.84 bits per heavy atom. The molecule has 4 nitrogen and oxygen atoms in total. The van der Waals surface area contributed by atoms with Crippen molar-refractivity contribution >= 4 is 16.6 Å². The number of aryl methyl sites for hydroxylation is 1. The molecule has 102 valence electrons. The maximum Gasteiger partial charge on any atom is 0.145 e. The van der Waals surface area contributed by atoms with Gasteiger partial charge in [-0.2, -0.15) is 0 Å². The number of rotatable bonds is 5. The number of nitrogens with one attached hydrogen (secondary N) is 1. The third-order valence-electron chi connectivity index (χ3n) is 3.02. The summed E-state index contributed by atoms with van der Waals surface area (Å²) in [7, 11) is 3.33. The van der Waals surface area contributed by atoms with E-state index >= 15 is 0 Å². The van der Waals surface area contributed by atoms with E-state index in [1.54, 1.807) is 14.2 Å². The third-order valence-corrected chi connectivity index (χ3v) is 3.02. The smallest absolute Gasteiger partial charge is 0.145 e. The van der Waals surface area contributed by atoms with E-state index in [4.69, 9.17) is 9.47 Å². The predicted molar refractivity (Wildman–Crippen MR) is 78.4 cm³/mol. The zero-order valence-electron chi connectivity index (χ0n) is 11.9. The first kappa shape index (κ1) is 13.5. The molecule has 0 fully saturated rings. The summed E-state index contributed by atoms with van der Waals surface area (Å²) in [6.07, 6.45) is 1.06. The summed E-state index contributed by atoms with van der Waals surface area (Å²) >= 11 is 0. The van der Waals surface area contributed by atoms with Crippen LogP contribution in [0.25, 0.3) is 10.9 Å². The van der Waals surface area contributed by atoms with Gasteiger partial charge in [-0.15, -0.1) is 0 Å². The molecule has 0 saturated heterocycles. The molecule has 1 N–H and O–H groups in total. The van der Waals surface area contributed by atoms with Gasteiger partial charge in [0.05, 0.1) is 19.6 Å². The second-order valence-corrected chi connectivity index (χ2v) is 4.43. The van der Waals surface area contributed by atoms with Gasteiger partial charge >= 0.3 is 0 Å². The van der Waals surface area contributed by atoms with Crippen LogP contribution in [-0.4, -0.2) is 25.7 Å². The summed E-state index contributed by atoms with van der Waals surface area (Å²) in [5.74, 6) is 1.57. The lowest BCUT2D eigenvalue weighted by Crippen LogP contribution is -2.03.